The van der Waals surface area contributed by atoms with Gasteiger partial charge in [0.05, 0.1) is 5.71 Å². The summed E-state index contributed by atoms with van der Waals surface area (Å²) in [6.45, 7) is 1.79. The summed E-state index contributed by atoms with van der Waals surface area (Å²) in [4.78, 5) is 2.47. The minimum absolute atomic E-state index is 0.455. The fourth-order valence-electron chi connectivity index (χ4n) is 1.69. The van der Waals surface area contributed by atoms with Gasteiger partial charge in [0.1, 0.15) is 5.69 Å². The number of nitrogens with one attached hydrogen (secondary N) is 1. The van der Waals surface area contributed by atoms with Crippen LogP contribution in [0.25, 0.3) is 0 Å². The Balaban J connectivity index is 2.36. The normalized spacial score (nSPS) is 11.6. The zero-order valence-electron chi connectivity index (χ0n) is 11.0. The molecule has 0 unspecified atom stereocenters. The fourth-order valence-corrected chi connectivity index (χ4v) is 1.69. The van der Waals surface area contributed by atoms with Crippen LogP contribution < -0.4 is 5.43 Å². The summed E-state index contributed by atoms with van der Waals surface area (Å²) in [5.41, 5.74) is 2.22. The highest BCUT2D eigenvalue weighted by Gasteiger charge is 2.20. The van der Waals surface area contributed by atoms with Gasteiger partial charge in [0.15, 0.2) is 0 Å². The first-order chi connectivity index (χ1) is 10.0. The van der Waals surface area contributed by atoms with Crippen molar-refractivity contribution in [1.82, 2.24) is 4.98 Å². The molecule has 2 rings (SSSR count). The summed E-state index contributed by atoms with van der Waals surface area (Å²) in [5, 5.41) is 3.81. The SMILES string of the molecule is CCC(=NNc1c(F)c(F)nc(F)c1F)c1ccccc1. The maximum atomic E-state index is 13.4. The Labute approximate surface area is 118 Å². The molecule has 3 nitrogen and oxygen atoms in total. The molecule has 1 heterocycles. The zero-order valence-corrected chi connectivity index (χ0v) is 11.0. The molecule has 0 aliphatic rings. The largest absolute Gasteiger partial charge is 0.272 e. The molecule has 0 spiro atoms. The van der Waals surface area contributed by atoms with E-state index in [-0.39, 0.29) is 0 Å². The quantitative estimate of drug-likeness (QED) is 0.402. The van der Waals surface area contributed by atoms with Gasteiger partial charge in [-0.1, -0.05) is 37.3 Å². The van der Waals surface area contributed by atoms with Crippen molar-refractivity contribution in [2.75, 3.05) is 5.43 Å². The van der Waals surface area contributed by atoms with E-state index in [1.54, 1.807) is 37.3 Å². The third-order valence-electron chi connectivity index (χ3n) is 2.74. The van der Waals surface area contributed by atoms with Crippen molar-refractivity contribution in [2.45, 2.75) is 13.3 Å². The fraction of sp³-hybridized carbons (Fsp3) is 0.143. The van der Waals surface area contributed by atoms with E-state index >= 15 is 0 Å². The molecule has 0 saturated carbocycles. The highest BCUT2D eigenvalue weighted by atomic mass is 19.2. The standard InChI is InChI=1S/C14H11F4N3/c1-2-9(8-6-4-3-5-7-8)20-21-12-10(15)13(17)19-14(18)11(12)16/h3-7H,2H2,1H3,(H,19,21). The number of hydrogen-bond donors (Lipinski definition) is 1. The average molecular weight is 297 g/mol. The minimum Gasteiger partial charge on any atom is -0.272 e. The Morgan fingerprint density at radius 3 is 2.14 bits per heavy atom. The molecule has 0 aliphatic heterocycles. The van der Waals surface area contributed by atoms with Crippen molar-refractivity contribution < 1.29 is 17.6 Å². The molecule has 1 aromatic heterocycles. The Morgan fingerprint density at radius 2 is 1.62 bits per heavy atom. The second kappa shape index (κ2) is 6.34. The first-order valence-corrected chi connectivity index (χ1v) is 6.12. The van der Waals surface area contributed by atoms with Crippen LogP contribution in [0.2, 0.25) is 0 Å². The molecule has 110 valence electrons. The predicted octanol–water partition coefficient (Wildman–Crippen LogP) is 3.86. The van der Waals surface area contributed by atoms with Crippen molar-refractivity contribution in [3.63, 3.8) is 0 Å². The Bertz CT molecular complexity index is 645. The Kier molecular flexibility index (Phi) is 4.52. The van der Waals surface area contributed by atoms with Crippen LogP contribution in [-0.2, 0) is 0 Å². The second-order valence-electron chi connectivity index (χ2n) is 4.09. The second-order valence-corrected chi connectivity index (χ2v) is 4.09. The molecule has 0 radical (unpaired) electrons. The number of aromatic nitrogens is 1. The summed E-state index contributed by atoms with van der Waals surface area (Å²) in [6.07, 6.45) is 0.455. The maximum absolute atomic E-state index is 13.4. The lowest BCUT2D eigenvalue weighted by atomic mass is 10.1. The van der Waals surface area contributed by atoms with Gasteiger partial charge in [-0.25, -0.2) is 0 Å². The molecule has 0 atom stereocenters. The van der Waals surface area contributed by atoms with E-state index in [0.29, 0.717) is 12.1 Å². The van der Waals surface area contributed by atoms with Gasteiger partial charge in [0.2, 0.25) is 11.6 Å². The first kappa shape index (κ1) is 15.0. The molecule has 0 amide bonds. The lowest BCUT2D eigenvalue weighted by Gasteiger charge is -2.08. The summed E-state index contributed by atoms with van der Waals surface area (Å²) in [7, 11) is 0. The molecule has 0 aliphatic carbocycles. The van der Waals surface area contributed by atoms with Gasteiger partial charge in [-0.3, -0.25) is 5.43 Å². The van der Waals surface area contributed by atoms with E-state index in [9.17, 15) is 17.6 Å². The van der Waals surface area contributed by atoms with Gasteiger partial charge >= 0.3 is 0 Å². The van der Waals surface area contributed by atoms with Crippen LogP contribution in [0.3, 0.4) is 0 Å². The van der Waals surface area contributed by atoms with Crippen LogP contribution in [0, 0.1) is 23.5 Å². The zero-order chi connectivity index (χ0) is 15.4. The number of nitrogens with zero attached hydrogens (tertiary/aromatic N) is 2. The molecular weight excluding hydrogens is 286 g/mol. The monoisotopic (exact) mass is 297 g/mol. The molecule has 1 N–H and O–H groups in total. The van der Waals surface area contributed by atoms with E-state index in [4.69, 9.17) is 0 Å². The first-order valence-electron chi connectivity index (χ1n) is 6.12. The maximum Gasteiger partial charge on any atom is 0.254 e. The van der Waals surface area contributed by atoms with Crippen molar-refractivity contribution in [3.05, 3.63) is 59.4 Å². The molecule has 0 fully saturated rings. The average Bonchev–Trinajstić information content (AvgIpc) is 2.50. The van der Waals surface area contributed by atoms with Crippen molar-refractivity contribution in [3.8, 4) is 0 Å². The summed E-state index contributed by atoms with van der Waals surface area (Å²) in [5.74, 6) is -6.71. The van der Waals surface area contributed by atoms with Crippen molar-refractivity contribution in [1.29, 1.82) is 0 Å². The number of halogens is 4. The molecule has 1 aromatic carbocycles. The number of pyridine rings is 1. The summed E-state index contributed by atoms with van der Waals surface area (Å²) >= 11 is 0. The lowest BCUT2D eigenvalue weighted by Crippen LogP contribution is -2.08. The molecule has 0 bridgehead atoms. The van der Waals surface area contributed by atoms with Crippen LogP contribution in [0.5, 0.6) is 0 Å². The molecule has 0 saturated heterocycles. The topological polar surface area (TPSA) is 37.3 Å². The van der Waals surface area contributed by atoms with E-state index in [0.717, 1.165) is 5.56 Å². The Morgan fingerprint density at radius 1 is 1.05 bits per heavy atom. The number of hydrazone groups is 1. The van der Waals surface area contributed by atoms with Gasteiger partial charge in [0.25, 0.3) is 11.9 Å². The van der Waals surface area contributed by atoms with Crippen molar-refractivity contribution >= 4 is 11.4 Å². The predicted molar refractivity (Wildman–Crippen MR) is 71.0 cm³/mol. The number of anilines is 1. The van der Waals surface area contributed by atoms with Gasteiger partial charge in [-0.2, -0.15) is 27.6 Å². The molecule has 2 aromatic rings. The minimum atomic E-state index is -1.73. The molecule has 21 heavy (non-hydrogen) atoms. The lowest BCUT2D eigenvalue weighted by molar-refractivity contribution is 0.411. The van der Waals surface area contributed by atoms with Crippen LogP contribution in [-0.4, -0.2) is 10.7 Å². The van der Waals surface area contributed by atoms with E-state index in [2.05, 4.69) is 10.1 Å². The highest BCUT2D eigenvalue weighted by Crippen LogP contribution is 2.22. The molecule has 7 heteroatoms. The van der Waals surface area contributed by atoms with Gasteiger partial charge < -0.3 is 0 Å². The van der Waals surface area contributed by atoms with E-state index < -0.39 is 29.2 Å². The summed E-state index contributed by atoms with van der Waals surface area (Å²) < 4.78 is 52.8. The molecular formula is C14H11F4N3. The van der Waals surface area contributed by atoms with E-state index in [1.165, 1.54) is 0 Å². The van der Waals surface area contributed by atoms with E-state index in [1.807, 2.05) is 5.43 Å². The van der Waals surface area contributed by atoms with Gasteiger partial charge in [0, 0.05) is 0 Å². The van der Waals surface area contributed by atoms with Gasteiger partial charge in [-0.15, -0.1) is 0 Å². The number of hydrogen-bond acceptors (Lipinski definition) is 3. The summed E-state index contributed by atoms with van der Waals surface area (Å²) in [6, 6.07) is 8.85. The number of benzene rings is 1. The van der Waals surface area contributed by atoms with Crippen LogP contribution >= 0.6 is 0 Å². The highest BCUT2D eigenvalue weighted by molar-refractivity contribution is 6.00. The third-order valence-corrected chi connectivity index (χ3v) is 2.74. The van der Waals surface area contributed by atoms with Gasteiger partial charge in [-0.05, 0) is 12.0 Å². The van der Waals surface area contributed by atoms with Crippen LogP contribution in [0.1, 0.15) is 18.9 Å². The third kappa shape index (κ3) is 3.18. The number of rotatable bonds is 4. The van der Waals surface area contributed by atoms with Crippen LogP contribution in [0.4, 0.5) is 23.2 Å². The smallest absolute Gasteiger partial charge is 0.254 e. The van der Waals surface area contributed by atoms with Crippen molar-refractivity contribution in [2.24, 2.45) is 5.10 Å². The van der Waals surface area contributed by atoms with Crippen LogP contribution in [0.15, 0.2) is 35.4 Å². The Hall–Kier alpha value is -2.44.